The van der Waals surface area contributed by atoms with Gasteiger partial charge >= 0.3 is 5.97 Å². The van der Waals surface area contributed by atoms with E-state index in [1.807, 2.05) is 0 Å². The number of rotatable bonds is 12. The number of hydrogen-bond donors (Lipinski definition) is 3. The van der Waals surface area contributed by atoms with Gasteiger partial charge in [-0.3, -0.25) is 0 Å². The minimum Gasteiger partial charge on any atom is -0.478 e. The van der Waals surface area contributed by atoms with Crippen molar-refractivity contribution in [2.45, 2.75) is 76.8 Å². The summed E-state index contributed by atoms with van der Waals surface area (Å²) >= 11 is 0. The molecule has 1 aromatic heterocycles. The average Bonchev–Trinajstić information content (AvgIpc) is 3.67. The molecule has 1 atom stereocenters. The van der Waals surface area contributed by atoms with Crippen LogP contribution in [0, 0.1) is 31.0 Å². The minimum absolute atomic E-state index is 0.0812. The Hall–Kier alpha value is -3.57. The zero-order chi connectivity index (χ0) is 30.2. The van der Waals surface area contributed by atoms with Crippen molar-refractivity contribution in [1.82, 2.24) is 15.3 Å². The number of aromatic nitrogens is 2. The lowest BCUT2D eigenvalue weighted by atomic mass is 9.76. The maximum Gasteiger partial charge on any atom is 0.335 e. The minimum atomic E-state index is -4.24. The van der Waals surface area contributed by atoms with Gasteiger partial charge in [0.2, 0.25) is 11.8 Å². The number of anilines is 1. The largest absolute Gasteiger partial charge is 0.478 e. The third-order valence-electron chi connectivity index (χ3n) is 8.05. The van der Waals surface area contributed by atoms with E-state index in [1.165, 1.54) is 56.0 Å². The second-order valence-corrected chi connectivity index (χ2v) is 13.9. The topological polar surface area (TPSA) is 131 Å². The van der Waals surface area contributed by atoms with Crippen LogP contribution >= 0.6 is 0 Å². The normalized spacial score (nSPS) is 16.7. The Balaban J connectivity index is 1.44. The zero-order valence-electron chi connectivity index (χ0n) is 24.3. The molecule has 2 aromatic carbocycles. The van der Waals surface area contributed by atoms with Crippen molar-refractivity contribution in [3.8, 4) is 17.1 Å². The van der Waals surface area contributed by atoms with Crippen molar-refractivity contribution in [3.63, 3.8) is 0 Å². The molecule has 0 amide bonds. The molecule has 2 aliphatic rings. The summed E-state index contributed by atoms with van der Waals surface area (Å²) in [5.41, 5.74) is 2.66. The molecule has 42 heavy (non-hydrogen) atoms. The van der Waals surface area contributed by atoms with Gasteiger partial charge in [0.05, 0.1) is 16.2 Å². The van der Waals surface area contributed by atoms with Gasteiger partial charge in [-0.25, -0.2) is 27.3 Å². The monoisotopic (exact) mass is 596 g/mol. The molecular formula is C31H37FN4O5S. The molecule has 1 heterocycles. The van der Waals surface area contributed by atoms with Crippen LogP contribution in [0.5, 0.6) is 5.88 Å². The van der Waals surface area contributed by atoms with Gasteiger partial charge in [-0.15, -0.1) is 0 Å². The third kappa shape index (κ3) is 6.90. The number of aryl methyl sites for hydroxylation is 2. The fourth-order valence-corrected chi connectivity index (χ4v) is 6.91. The van der Waals surface area contributed by atoms with Crippen LogP contribution in [0.3, 0.4) is 0 Å². The van der Waals surface area contributed by atoms with Crippen molar-refractivity contribution in [2.75, 3.05) is 11.3 Å². The Labute approximate surface area is 246 Å². The first kappa shape index (κ1) is 29.9. The predicted molar refractivity (Wildman–Crippen MR) is 158 cm³/mol. The van der Waals surface area contributed by atoms with E-state index in [9.17, 15) is 22.7 Å². The van der Waals surface area contributed by atoms with Crippen LogP contribution in [0.2, 0.25) is 0 Å². The number of carboxylic acid groups (broad SMARTS) is 1. The van der Waals surface area contributed by atoms with Gasteiger partial charge in [-0.2, -0.15) is 4.98 Å². The second-order valence-electron chi connectivity index (χ2n) is 12.2. The molecule has 5 rings (SSSR count). The van der Waals surface area contributed by atoms with Crippen LogP contribution in [0.25, 0.3) is 11.3 Å². The molecule has 2 saturated carbocycles. The zero-order valence-corrected chi connectivity index (χ0v) is 25.1. The molecular weight excluding hydrogens is 559 g/mol. The summed E-state index contributed by atoms with van der Waals surface area (Å²) in [4.78, 5) is 20.0. The predicted octanol–water partition coefficient (Wildman–Crippen LogP) is 5.72. The van der Waals surface area contributed by atoms with Gasteiger partial charge in [0.25, 0.3) is 10.0 Å². The van der Waals surface area contributed by atoms with Gasteiger partial charge in [-0.05, 0) is 98.7 Å². The molecule has 0 saturated heterocycles. The highest BCUT2D eigenvalue weighted by Gasteiger charge is 2.53. The van der Waals surface area contributed by atoms with Gasteiger partial charge in [0.1, 0.15) is 12.4 Å². The molecule has 224 valence electrons. The van der Waals surface area contributed by atoms with Crippen molar-refractivity contribution >= 4 is 21.9 Å². The number of carboxylic acids is 1. The molecule has 0 aliphatic heterocycles. The number of carbonyl (C=O) groups is 1. The van der Waals surface area contributed by atoms with Crippen LogP contribution in [-0.4, -0.2) is 48.2 Å². The van der Waals surface area contributed by atoms with Gasteiger partial charge < -0.3 is 15.2 Å². The number of halogens is 1. The summed E-state index contributed by atoms with van der Waals surface area (Å²) in [6.07, 6.45) is 5.93. The summed E-state index contributed by atoms with van der Waals surface area (Å²) in [6.45, 7) is 8.15. The van der Waals surface area contributed by atoms with Crippen molar-refractivity contribution in [2.24, 2.45) is 11.3 Å². The molecule has 2 aliphatic carbocycles. The van der Waals surface area contributed by atoms with E-state index >= 15 is 0 Å². The molecule has 0 bridgehead atoms. The molecule has 3 N–H and O–H groups in total. The standard InChI is InChI=1S/C31H37FN4O5S/c1-18(2)10-23(33-24-15-31(16-24)8-9-31)17-41-27-14-26(28-19(3)11-22(32)12-20(28)4)34-30(35-27)36-42(39,40)25-7-5-6-21(13-25)29(37)38/h5-7,11-14,18,23-24,33H,8-10,15-17H2,1-4H3,(H,37,38)(H,34,35,36)/t23-/m1/s1. The smallest absolute Gasteiger partial charge is 0.335 e. The Morgan fingerprint density at radius 1 is 1.12 bits per heavy atom. The first-order valence-electron chi connectivity index (χ1n) is 14.2. The van der Waals surface area contributed by atoms with Crippen molar-refractivity contribution < 1.29 is 27.4 Å². The number of ether oxygens (including phenoxy) is 1. The lowest BCUT2D eigenvalue weighted by molar-refractivity contribution is 0.0696. The first-order chi connectivity index (χ1) is 19.8. The fourth-order valence-electron chi connectivity index (χ4n) is 5.92. The SMILES string of the molecule is Cc1cc(F)cc(C)c1-c1cc(OC[C@@H](CC(C)C)NC2CC3(CC3)C2)nc(NS(=O)(=O)c2cccc(C(=O)O)c2)n1. The number of benzene rings is 2. The molecule has 0 unspecified atom stereocenters. The van der Waals surface area contributed by atoms with Crippen molar-refractivity contribution in [3.05, 3.63) is 65.0 Å². The lowest BCUT2D eigenvalue weighted by Gasteiger charge is -2.39. The van der Waals surface area contributed by atoms with Gasteiger partial charge in [0.15, 0.2) is 0 Å². The molecule has 9 nitrogen and oxygen atoms in total. The average molecular weight is 597 g/mol. The summed E-state index contributed by atoms with van der Waals surface area (Å²) in [5, 5.41) is 13.0. The third-order valence-corrected chi connectivity index (χ3v) is 9.37. The highest BCUT2D eigenvalue weighted by Crippen LogP contribution is 2.60. The highest BCUT2D eigenvalue weighted by molar-refractivity contribution is 7.92. The molecule has 3 aromatic rings. The van der Waals surface area contributed by atoms with Gasteiger partial charge in [-0.1, -0.05) is 19.9 Å². The number of sulfonamides is 1. The van der Waals surface area contributed by atoms with Gasteiger partial charge in [0, 0.05) is 23.7 Å². The summed E-state index contributed by atoms with van der Waals surface area (Å²) in [7, 11) is -4.24. The summed E-state index contributed by atoms with van der Waals surface area (Å²) in [6, 6.07) is 9.97. The van der Waals surface area contributed by atoms with E-state index in [1.54, 1.807) is 19.9 Å². The number of nitrogens with zero attached hydrogens (tertiary/aromatic N) is 2. The second kappa shape index (κ2) is 11.6. The maximum absolute atomic E-state index is 14.1. The molecule has 1 spiro atoms. The van der Waals surface area contributed by atoms with Crippen LogP contribution in [0.4, 0.5) is 10.3 Å². The van der Waals surface area contributed by atoms with Crippen LogP contribution in [0.15, 0.2) is 47.4 Å². The van der Waals surface area contributed by atoms with E-state index < -0.39 is 16.0 Å². The van der Waals surface area contributed by atoms with Crippen molar-refractivity contribution in [1.29, 1.82) is 0 Å². The summed E-state index contributed by atoms with van der Waals surface area (Å²) < 4.78 is 49.1. The molecule has 0 radical (unpaired) electrons. The lowest BCUT2D eigenvalue weighted by Crippen LogP contribution is -2.49. The molecule has 11 heteroatoms. The van der Waals surface area contributed by atoms with Crippen LogP contribution in [0.1, 0.15) is 67.4 Å². The molecule has 2 fully saturated rings. The Bertz CT molecular complexity index is 1580. The highest BCUT2D eigenvalue weighted by atomic mass is 32.2. The fraction of sp³-hybridized carbons (Fsp3) is 0.452. The number of aromatic carboxylic acids is 1. The van der Waals surface area contributed by atoms with E-state index in [2.05, 4.69) is 33.9 Å². The van der Waals surface area contributed by atoms with E-state index in [-0.39, 0.29) is 34.1 Å². The first-order valence-corrected chi connectivity index (χ1v) is 15.7. The van der Waals surface area contributed by atoms with E-state index in [0.717, 1.165) is 12.5 Å². The Kier molecular flexibility index (Phi) is 8.26. The Morgan fingerprint density at radius 3 is 2.43 bits per heavy atom. The maximum atomic E-state index is 14.1. The number of hydrogen-bond acceptors (Lipinski definition) is 7. The Morgan fingerprint density at radius 2 is 1.81 bits per heavy atom. The van der Waals surface area contributed by atoms with Crippen LogP contribution in [-0.2, 0) is 10.0 Å². The van der Waals surface area contributed by atoms with E-state index in [0.29, 0.717) is 46.4 Å². The van der Waals surface area contributed by atoms with Crippen LogP contribution < -0.4 is 14.8 Å². The number of nitrogens with one attached hydrogen (secondary N) is 2. The quantitative estimate of drug-likeness (QED) is 0.242. The van der Waals surface area contributed by atoms with E-state index in [4.69, 9.17) is 4.74 Å². The summed E-state index contributed by atoms with van der Waals surface area (Å²) in [5.74, 6) is -1.26.